The van der Waals surface area contributed by atoms with Crippen LogP contribution in [-0.2, 0) is 22.6 Å². The first kappa shape index (κ1) is 15.2. The topological polar surface area (TPSA) is 66.4 Å². The van der Waals surface area contributed by atoms with E-state index in [0.717, 1.165) is 17.5 Å². The van der Waals surface area contributed by atoms with Crippen LogP contribution in [0.3, 0.4) is 0 Å². The summed E-state index contributed by atoms with van der Waals surface area (Å²) < 4.78 is 0. The Balaban J connectivity index is 2.57. The van der Waals surface area contributed by atoms with Crippen LogP contribution in [0.15, 0.2) is 24.3 Å². The quantitative estimate of drug-likeness (QED) is 0.793. The van der Waals surface area contributed by atoms with Crippen LogP contribution in [0.2, 0.25) is 0 Å². The van der Waals surface area contributed by atoms with Gasteiger partial charge < -0.3 is 10.4 Å². The summed E-state index contributed by atoms with van der Waals surface area (Å²) in [5.74, 6) is -0.480. The molecule has 0 radical (unpaired) electrons. The van der Waals surface area contributed by atoms with Crippen molar-refractivity contribution in [1.82, 2.24) is 5.32 Å². The predicted octanol–water partition coefficient (Wildman–Crippen LogP) is 2.37. The predicted molar refractivity (Wildman–Crippen MR) is 73.7 cm³/mol. The molecule has 0 fully saturated rings. The van der Waals surface area contributed by atoms with Gasteiger partial charge in [0.25, 0.3) is 0 Å². The van der Waals surface area contributed by atoms with E-state index in [1.165, 1.54) is 0 Å². The van der Waals surface area contributed by atoms with E-state index in [9.17, 15) is 9.59 Å². The van der Waals surface area contributed by atoms with E-state index in [1.54, 1.807) is 6.07 Å². The van der Waals surface area contributed by atoms with Crippen LogP contribution in [0.5, 0.6) is 0 Å². The molecule has 1 atom stereocenters. The number of nitrogens with one attached hydrogen (secondary N) is 1. The van der Waals surface area contributed by atoms with Gasteiger partial charge in [0.15, 0.2) is 0 Å². The summed E-state index contributed by atoms with van der Waals surface area (Å²) in [6.07, 6.45) is 1.47. The number of amides is 1. The van der Waals surface area contributed by atoms with E-state index >= 15 is 0 Å². The van der Waals surface area contributed by atoms with Crippen molar-refractivity contribution in [3.8, 4) is 0 Å². The summed E-state index contributed by atoms with van der Waals surface area (Å²) in [5, 5.41) is 11.7. The van der Waals surface area contributed by atoms with Crippen molar-refractivity contribution in [3.63, 3.8) is 0 Å². The largest absolute Gasteiger partial charge is 0.481 e. The number of carbonyl (C=O) groups is 2. The Hall–Kier alpha value is -1.84. The molecule has 0 saturated carbocycles. The Morgan fingerprint density at radius 3 is 2.47 bits per heavy atom. The minimum absolute atomic E-state index is 0.0134. The number of hydrogen-bond donors (Lipinski definition) is 2. The fourth-order valence-electron chi connectivity index (χ4n) is 1.79. The van der Waals surface area contributed by atoms with Gasteiger partial charge in [-0.2, -0.15) is 0 Å². The smallest absolute Gasteiger partial charge is 0.307 e. The van der Waals surface area contributed by atoms with Gasteiger partial charge in [-0.1, -0.05) is 44.5 Å². The molecule has 0 aliphatic heterocycles. The van der Waals surface area contributed by atoms with E-state index in [0.29, 0.717) is 18.9 Å². The molecular formula is C15H21NO3. The van der Waals surface area contributed by atoms with Gasteiger partial charge in [0, 0.05) is 13.0 Å². The van der Waals surface area contributed by atoms with Gasteiger partial charge >= 0.3 is 5.97 Å². The van der Waals surface area contributed by atoms with Gasteiger partial charge in [-0.3, -0.25) is 9.59 Å². The lowest BCUT2D eigenvalue weighted by molar-refractivity contribution is -0.136. The fourth-order valence-corrected chi connectivity index (χ4v) is 1.79. The van der Waals surface area contributed by atoms with Crippen molar-refractivity contribution in [2.45, 2.75) is 39.7 Å². The highest BCUT2D eigenvalue weighted by Crippen LogP contribution is 2.10. The van der Waals surface area contributed by atoms with Crippen molar-refractivity contribution < 1.29 is 14.7 Å². The molecule has 4 heteroatoms. The number of aliphatic carboxylic acids is 1. The standard InChI is InChI=1S/C15H21NO3/c1-3-11(2)8-14(17)16-10-13-7-5-4-6-12(13)9-15(18)19/h4-7,11H,3,8-10H2,1-2H3,(H,16,17)(H,18,19). The number of benzene rings is 1. The summed E-state index contributed by atoms with van der Waals surface area (Å²) in [4.78, 5) is 22.4. The summed E-state index contributed by atoms with van der Waals surface area (Å²) in [6, 6.07) is 7.29. The molecule has 0 aromatic heterocycles. The van der Waals surface area contributed by atoms with Gasteiger partial charge in [-0.15, -0.1) is 0 Å². The van der Waals surface area contributed by atoms with Gasteiger partial charge in [-0.05, 0) is 17.0 Å². The maximum absolute atomic E-state index is 11.7. The van der Waals surface area contributed by atoms with E-state index in [1.807, 2.05) is 25.1 Å². The maximum Gasteiger partial charge on any atom is 0.307 e. The zero-order valence-electron chi connectivity index (χ0n) is 11.5. The third-order valence-electron chi connectivity index (χ3n) is 3.17. The molecule has 1 amide bonds. The number of carbonyl (C=O) groups excluding carboxylic acids is 1. The van der Waals surface area contributed by atoms with E-state index in [2.05, 4.69) is 12.2 Å². The first-order chi connectivity index (χ1) is 9.02. The van der Waals surface area contributed by atoms with Crippen molar-refractivity contribution in [3.05, 3.63) is 35.4 Å². The summed E-state index contributed by atoms with van der Waals surface area (Å²) >= 11 is 0. The molecule has 19 heavy (non-hydrogen) atoms. The van der Waals surface area contributed by atoms with Crippen LogP contribution in [0.1, 0.15) is 37.8 Å². The molecule has 0 saturated heterocycles. The Morgan fingerprint density at radius 2 is 1.89 bits per heavy atom. The average Bonchev–Trinajstić information content (AvgIpc) is 2.37. The highest BCUT2D eigenvalue weighted by atomic mass is 16.4. The Morgan fingerprint density at radius 1 is 1.26 bits per heavy atom. The summed E-state index contributed by atoms with van der Waals surface area (Å²) in [5.41, 5.74) is 1.61. The first-order valence-electron chi connectivity index (χ1n) is 6.58. The van der Waals surface area contributed by atoms with Crippen LogP contribution in [0.25, 0.3) is 0 Å². The minimum atomic E-state index is -0.863. The monoisotopic (exact) mass is 263 g/mol. The first-order valence-corrected chi connectivity index (χ1v) is 6.58. The zero-order valence-corrected chi connectivity index (χ0v) is 11.5. The van der Waals surface area contributed by atoms with Crippen molar-refractivity contribution in [2.24, 2.45) is 5.92 Å². The highest BCUT2D eigenvalue weighted by Gasteiger charge is 2.09. The maximum atomic E-state index is 11.7. The highest BCUT2D eigenvalue weighted by molar-refractivity contribution is 5.76. The van der Waals surface area contributed by atoms with Gasteiger partial charge in [-0.25, -0.2) is 0 Å². The molecule has 0 aliphatic rings. The molecule has 0 aliphatic carbocycles. The summed E-state index contributed by atoms with van der Waals surface area (Å²) in [7, 11) is 0. The fraction of sp³-hybridized carbons (Fsp3) is 0.467. The molecule has 2 N–H and O–H groups in total. The van der Waals surface area contributed by atoms with Gasteiger partial charge in [0.05, 0.1) is 6.42 Å². The minimum Gasteiger partial charge on any atom is -0.481 e. The third-order valence-corrected chi connectivity index (χ3v) is 3.17. The van der Waals surface area contributed by atoms with Crippen LogP contribution >= 0.6 is 0 Å². The van der Waals surface area contributed by atoms with E-state index in [-0.39, 0.29) is 12.3 Å². The molecule has 0 heterocycles. The van der Waals surface area contributed by atoms with Crippen LogP contribution in [0.4, 0.5) is 0 Å². The number of carboxylic acids is 1. The Labute approximate surface area is 113 Å². The van der Waals surface area contributed by atoms with Gasteiger partial charge in [0.2, 0.25) is 5.91 Å². The SMILES string of the molecule is CCC(C)CC(=O)NCc1ccccc1CC(=O)O. The lowest BCUT2D eigenvalue weighted by Crippen LogP contribution is -2.25. The number of carboxylic acid groups (broad SMARTS) is 1. The van der Waals surface area contributed by atoms with Crippen LogP contribution in [0, 0.1) is 5.92 Å². The second kappa shape index (κ2) is 7.56. The molecule has 104 valence electrons. The van der Waals surface area contributed by atoms with Crippen molar-refractivity contribution >= 4 is 11.9 Å². The molecule has 1 aromatic carbocycles. The number of hydrogen-bond acceptors (Lipinski definition) is 2. The second-order valence-corrected chi connectivity index (χ2v) is 4.83. The average molecular weight is 263 g/mol. The second-order valence-electron chi connectivity index (χ2n) is 4.83. The van der Waals surface area contributed by atoms with Crippen LogP contribution < -0.4 is 5.32 Å². The lowest BCUT2D eigenvalue weighted by Gasteiger charge is -2.11. The number of rotatable bonds is 7. The molecular weight excluding hydrogens is 242 g/mol. The Bertz CT molecular complexity index is 443. The van der Waals surface area contributed by atoms with Crippen molar-refractivity contribution in [2.75, 3.05) is 0 Å². The molecule has 1 aromatic rings. The van der Waals surface area contributed by atoms with E-state index in [4.69, 9.17) is 5.11 Å². The lowest BCUT2D eigenvalue weighted by atomic mass is 10.0. The molecule has 1 rings (SSSR count). The third kappa shape index (κ3) is 5.55. The zero-order chi connectivity index (χ0) is 14.3. The normalized spacial score (nSPS) is 11.9. The molecule has 0 bridgehead atoms. The van der Waals surface area contributed by atoms with Crippen molar-refractivity contribution in [1.29, 1.82) is 0 Å². The Kier molecular flexibility index (Phi) is 6.06. The van der Waals surface area contributed by atoms with Crippen LogP contribution in [-0.4, -0.2) is 17.0 Å². The molecule has 1 unspecified atom stereocenters. The molecule has 0 spiro atoms. The molecule has 4 nitrogen and oxygen atoms in total. The summed E-state index contributed by atoms with van der Waals surface area (Å²) in [6.45, 7) is 4.48. The van der Waals surface area contributed by atoms with E-state index < -0.39 is 5.97 Å². The van der Waals surface area contributed by atoms with Gasteiger partial charge in [0.1, 0.15) is 0 Å².